The Morgan fingerprint density at radius 3 is 2.60 bits per heavy atom. The molecule has 0 aromatic heterocycles. The van der Waals surface area contributed by atoms with E-state index in [0.29, 0.717) is 12.0 Å². The highest BCUT2D eigenvalue weighted by Crippen LogP contribution is 2.32. The molecule has 2 aromatic rings. The second-order valence-corrected chi connectivity index (χ2v) is 6.48. The average molecular weight is 340 g/mol. The summed E-state index contributed by atoms with van der Waals surface area (Å²) in [5, 5.41) is 2.78. The Kier molecular flexibility index (Phi) is 4.83. The molecule has 1 N–H and O–H groups in total. The van der Waals surface area contributed by atoms with Crippen molar-refractivity contribution in [2.75, 3.05) is 0 Å². The number of carbonyl (C=O) groups is 2. The van der Waals surface area contributed by atoms with Gasteiger partial charge in [-0.1, -0.05) is 42.5 Å². The molecule has 2 amide bonds. The van der Waals surface area contributed by atoms with Gasteiger partial charge in [-0.2, -0.15) is 0 Å². The summed E-state index contributed by atoms with van der Waals surface area (Å²) in [4.78, 5) is 27.0. The van der Waals surface area contributed by atoms with Crippen molar-refractivity contribution in [3.63, 3.8) is 0 Å². The van der Waals surface area contributed by atoms with Crippen LogP contribution in [0, 0.1) is 5.82 Å². The van der Waals surface area contributed by atoms with Crippen LogP contribution in [0.4, 0.5) is 4.39 Å². The molecule has 130 valence electrons. The number of fused-ring (bicyclic) bond motifs is 1. The second kappa shape index (κ2) is 7.05. The normalized spacial score (nSPS) is 16.7. The van der Waals surface area contributed by atoms with Crippen LogP contribution in [0.1, 0.15) is 36.6 Å². The zero-order valence-corrected chi connectivity index (χ0v) is 14.3. The zero-order chi connectivity index (χ0) is 18.0. The number of carbonyl (C=O) groups excluding carboxylic acids is 2. The van der Waals surface area contributed by atoms with Gasteiger partial charge in [0.25, 0.3) is 0 Å². The fourth-order valence-corrected chi connectivity index (χ4v) is 3.28. The van der Waals surface area contributed by atoms with Gasteiger partial charge in [0.1, 0.15) is 11.9 Å². The Bertz CT molecular complexity index is 804. The Labute approximate surface area is 146 Å². The maximum Gasteiger partial charge on any atom is 0.247 e. The van der Waals surface area contributed by atoms with Gasteiger partial charge in [-0.25, -0.2) is 4.39 Å². The van der Waals surface area contributed by atoms with Crippen molar-refractivity contribution in [3.8, 4) is 0 Å². The molecule has 5 heteroatoms. The molecule has 0 unspecified atom stereocenters. The predicted octanol–water partition coefficient (Wildman–Crippen LogP) is 2.98. The lowest BCUT2D eigenvalue weighted by Crippen LogP contribution is -2.50. The quantitative estimate of drug-likeness (QED) is 0.930. The maximum atomic E-state index is 13.8. The highest BCUT2D eigenvalue weighted by molar-refractivity contribution is 5.92. The van der Waals surface area contributed by atoms with E-state index in [0.717, 1.165) is 11.1 Å². The van der Waals surface area contributed by atoms with E-state index in [1.165, 1.54) is 6.07 Å². The summed E-state index contributed by atoms with van der Waals surface area (Å²) in [6.07, 6.45) is 0.297. The van der Waals surface area contributed by atoms with Crippen LogP contribution in [-0.4, -0.2) is 22.8 Å². The lowest BCUT2D eigenvalue weighted by Gasteiger charge is -2.39. The molecular formula is C20H21FN2O2. The lowest BCUT2D eigenvalue weighted by molar-refractivity contribution is -0.143. The zero-order valence-electron chi connectivity index (χ0n) is 14.3. The Hall–Kier alpha value is -2.69. The number of rotatable bonds is 4. The smallest absolute Gasteiger partial charge is 0.247 e. The molecule has 1 aliphatic rings. The number of nitrogens with zero attached hydrogens (tertiary/aromatic N) is 1. The molecule has 1 heterocycles. The van der Waals surface area contributed by atoms with Crippen molar-refractivity contribution in [1.82, 2.24) is 10.2 Å². The van der Waals surface area contributed by atoms with Crippen LogP contribution in [0.2, 0.25) is 0 Å². The minimum Gasteiger partial charge on any atom is -0.350 e. The molecule has 0 fully saturated rings. The fourth-order valence-electron chi connectivity index (χ4n) is 3.28. The van der Waals surface area contributed by atoms with E-state index < -0.39 is 6.04 Å². The van der Waals surface area contributed by atoms with Gasteiger partial charge < -0.3 is 10.2 Å². The highest BCUT2D eigenvalue weighted by Gasteiger charge is 2.38. The molecule has 0 saturated carbocycles. The lowest BCUT2D eigenvalue weighted by atomic mass is 9.90. The molecule has 0 radical (unpaired) electrons. The van der Waals surface area contributed by atoms with Crippen LogP contribution in [0.15, 0.2) is 48.5 Å². The first-order chi connectivity index (χ1) is 12.0. The van der Waals surface area contributed by atoms with E-state index in [2.05, 4.69) is 5.32 Å². The van der Waals surface area contributed by atoms with E-state index in [9.17, 15) is 14.0 Å². The Morgan fingerprint density at radius 1 is 1.20 bits per heavy atom. The Morgan fingerprint density at radius 2 is 1.88 bits per heavy atom. The first kappa shape index (κ1) is 17.1. The van der Waals surface area contributed by atoms with Crippen molar-refractivity contribution in [2.45, 2.75) is 38.9 Å². The minimum absolute atomic E-state index is 0.0697. The molecule has 4 nitrogen and oxygen atoms in total. The van der Waals surface area contributed by atoms with Gasteiger partial charge in [-0.15, -0.1) is 0 Å². The minimum atomic E-state index is -0.691. The van der Waals surface area contributed by atoms with E-state index >= 15 is 0 Å². The first-order valence-electron chi connectivity index (χ1n) is 8.39. The van der Waals surface area contributed by atoms with Gasteiger partial charge in [-0.05, 0) is 31.0 Å². The van der Waals surface area contributed by atoms with E-state index in [-0.39, 0.29) is 30.2 Å². The topological polar surface area (TPSA) is 49.4 Å². The number of amides is 2. The average Bonchev–Trinajstić information content (AvgIpc) is 2.59. The van der Waals surface area contributed by atoms with Crippen LogP contribution < -0.4 is 5.32 Å². The van der Waals surface area contributed by atoms with Crippen LogP contribution in [0.25, 0.3) is 0 Å². The van der Waals surface area contributed by atoms with Crippen molar-refractivity contribution in [1.29, 1.82) is 0 Å². The van der Waals surface area contributed by atoms with Crippen LogP contribution in [0.3, 0.4) is 0 Å². The number of benzene rings is 2. The van der Waals surface area contributed by atoms with Gasteiger partial charge in [0.15, 0.2) is 0 Å². The third-order valence-corrected chi connectivity index (χ3v) is 4.47. The second-order valence-electron chi connectivity index (χ2n) is 6.48. The summed E-state index contributed by atoms with van der Waals surface area (Å²) in [6, 6.07) is 13.0. The number of hydrogen-bond donors (Lipinski definition) is 1. The molecule has 1 atom stereocenters. The summed E-state index contributed by atoms with van der Waals surface area (Å²) < 4.78 is 13.8. The number of halogens is 1. The van der Waals surface area contributed by atoms with Gasteiger partial charge in [0, 0.05) is 18.2 Å². The molecule has 2 aromatic carbocycles. The summed E-state index contributed by atoms with van der Waals surface area (Å²) in [5.74, 6) is -0.721. The third-order valence-electron chi connectivity index (χ3n) is 4.47. The highest BCUT2D eigenvalue weighted by atomic mass is 19.1. The van der Waals surface area contributed by atoms with Crippen molar-refractivity contribution >= 4 is 11.8 Å². The predicted molar refractivity (Wildman–Crippen MR) is 93.1 cm³/mol. The number of nitrogens with one attached hydrogen (secondary N) is 1. The molecule has 1 aliphatic heterocycles. The van der Waals surface area contributed by atoms with E-state index in [1.807, 2.05) is 38.1 Å². The standard InChI is InChI=1S/C20H21FN2O2/c1-13(2)23-18(24)11-14-7-3-5-9-16(14)19(23)20(25)22-12-15-8-4-6-10-17(15)21/h3-10,13,19H,11-12H2,1-2H3,(H,22,25)/t19-/m0/s1. The van der Waals surface area contributed by atoms with Gasteiger partial charge in [-0.3, -0.25) is 9.59 Å². The van der Waals surface area contributed by atoms with Crippen molar-refractivity contribution < 1.29 is 14.0 Å². The molecule has 3 rings (SSSR count). The van der Waals surface area contributed by atoms with E-state index in [1.54, 1.807) is 23.1 Å². The SMILES string of the molecule is CC(C)N1C(=O)Cc2ccccc2[C@H]1C(=O)NCc1ccccc1F. The summed E-state index contributed by atoms with van der Waals surface area (Å²) in [6.45, 7) is 3.87. The van der Waals surface area contributed by atoms with Crippen LogP contribution in [-0.2, 0) is 22.6 Å². The first-order valence-corrected chi connectivity index (χ1v) is 8.39. The molecular weight excluding hydrogens is 319 g/mol. The molecule has 25 heavy (non-hydrogen) atoms. The number of hydrogen-bond acceptors (Lipinski definition) is 2. The monoisotopic (exact) mass is 340 g/mol. The molecule has 0 saturated heterocycles. The molecule has 0 aliphatic carbocycles. The van der Waals surface area contributed by atoms with Gasteiger partial charge >= 0.3 is 0 Å². The molecule has 0 bridgehead atoms. The van der Waals surface area contributed by atoms with Gasteiger partial charge in [0.2, 0.25) is 11.8 Å². The summed E-state index contributed by atoms with van der Waals surface area (Å²) in [7, 11) is 0. The maximum absolute atomic E-state index is 13.8. The third kappa shape index (κ3) is 3.40. The van der Waals surface area contributed by atoms with Crippen LogP contribution in [0.5, 0.6) is 0 Å². The van der Waals surface area contributed by atoms with Gasteiger partial charge in [0.05, 0.1) is 6.42 Å². The van der Waals surface area contributed by atoms with Crippen LogP contribution >= 0.6 is 0 Å². The fraction of sp³-hybridized carbons (Fsp3) is 0.300. The Balaban J connectivity index is 1.88. The van der Waals surface area contributed by atoms with Crippen molar-refractivity contribution in [2.24, 2.45) is 0 Å². The summed E-state index contributed by atoms with van der Waals surface area (Å²) in [5.41, 5.74) is 2.12. The van der Waals surface area contributed by atoms with E-state index in [4.69, 9.17) is 0 Å². The molecule has 0 spiro atoms. The largest absolute Gasteiger partial charge is 0.350 e. The summed E-state index contributed by atoms with van der Waals surface area (Å²) >= 11 is 0. The van der Waals surface area contributed by atoms with Crippen molar-refractivity contribution in [3.05, 3.63) is 71.0 Å².